The van der Waals surface area contributed by atoms with Crippen molar-refractivity contribution in [2.24, 2.45) is 5.92 Å². The van der Waals surface area contributed by atoms with E-state index in [0.717, 1.165) is 50.1 Å². The molecule has 150 valence electrons. The van der Waals surface area contributed by atoms with E-state index in [0.29, 0.717) is 6.61 Å². The molecule has 0 spiro atoms. The Bertz CT molecular complexity index is 748. The van der Waals surface area contributed by atoms with Crippen LogP contribution in [0.15, 0.2) is 35.9 Å². The molecule has 1 aromatic rings. The zero-order valence-corrected chi connectivity index (χ0v) is 16.7. The van der Waals surface area contributed by atoms with E-state index >= 15 is 0 Å². The highest BCUT2D eigenvalue weighted by Crippen LogP contribution is 2.36. The van der Waals surface area contributed by atoms with Gasteiger partial charge in [-0.15, -0.1) is 0 Å². The van der Waals surface area contributed by atoms with E-state index in [2.05, 4.69) is 29.2 Å². The van der Waals surface area contributed by atoms with Gasteiger partial charge in [-0.1, -0.05) is 12.8 Å². The first-order valence-electron chi connectivity index (χ1n) is 10.7. The van der Waals surface area contributed by atoms with Gasteiger partial charge in [-0.2, -0.15) is 0 Å². The molecule has 0 aromatic heterocycles. The van der Waals surface area contributed by atoms with Gasteiger partial charge >= 0.3 is 5.97 Å². The van der Waals surface area contributed by atoms with Gasteiger partial charge in [-0.25, -0.2) is 0 Å². The number of nitrogens with zero attached hydrogens (tertiary/aromatic N) is 2. The number of hydrogen-bond acceptors (Lipinski definition) is 4. The van der Waals surface area contributed by atoms with E-state index < -0.39 is 0 Å². The first-order chi connectivity index (χ1) is 13.7. The highest BCUT2D eigenvalue weighted by Gasteiger charge is 2.34. The molecule has 1 amide bonds. The molecule has 2 heterocycles. The first-order valence-corrected chi connectivity index (χ1v) is 10.7. The quantitative estimate of drug-likeness (QED) is 0.737. The molecule has 5 nitrogen and oxygen atoms in total. The summed E-state index contributed by atoms with van der Waals surface area (Å²) >= 11 is 0. The highest BCUT2D eigenvalue weighted by molar-refractivity contribution is 6.06. The fourth-order valence-corrected chi connectivity index (χ4v) is 4.81. The number of fused-ring (bicyclic) bond motifs is 1. The van der Waals surface area contributed by atoms with Crippen LogP contribution in [-0.2, 0) is 14.3 Å². The van der Waals surface area contributed by atoms with Crippen LogP contribution in [-0.4, -0.2) is 37.6 Å². The Labute approximate surface area is 167 Å². The Morgan fingerprint density at radius 1 is 1.04 bits per heavy atom. The smallest absolute Gasteiger partial charge is 0.309 e. The zero-order chi connectivity index (χ0) is 19.5. The van der Waals surface area contributed by atoms with Crippen LogP contribution in [0.1, 0.15) is 51.9 Å². The lowest BCUT2D eigenvalue weighted by atomic mass is 9.96. The summed E-state index contributed by atoms with van der Waals surface area (Å²) in [5, 5.41) is 0. The van der Waals surface area contributed by atoms with Crippen molar-refractivity contribution in [3.63, 3.8) is 0 Å². The second-order valence-electron chi connectivity index (χ2n) is 8.07. The van der Waals surface area contributed by atoms with Crippen LogP contribution in [0.3, 0.4) is 0 Å². The number of rotatable bonds is 4. The molecule has 28 heavy (non-hydrogen) atoms. The Morgan fingerprint density at radius 3 is 2.46 bits per heavy atom. The minimum Gasteiger partial charge on any atom is -0.466 e. The number of carbonyl (C=O) groups is 2. The summed E-state index contributed by atoms with van der Waals surface area (Å²) in [5.41, 5.74) is 3.47. The van der Waals surface area contributed by atoms with Crippen molar-refractivity contribution in [3.05, 3.63) is 35.9 Å². The Balaban J connectivity index is 1.41. The van der Waals surface area contributed by atoms with Crippen LogP contribution < -0.4 is 9.80 Å². The number of esters is 1. The molecule has 0 bridgehead atoms. The second kappa shape index (κ2) is 8.38. The molecule has 0 radical (unpaired) electrons. The highest BCUT2D eigenvalue weighted by atomic mass is 16.5. The summed E-state index contributed by atoms with van der Waals surface area (Å²) in [6.07, 6.45) is 9.31. The number of anilines is 2. The number of ether oxygens (including phenoxy) is 1. The molecule has 1 atom stereocenters. The van der Waals surface area contributed by atoms with Gasteiger partial charge in [-0.05, 0) is 68.9 Å². The standard InChI is InChI=1S/C23H30N2O3/c1-2-28-23(27)17-12-14-24(15-13-17)19-8-10-20(11-9-19)25-21-7-5-3-4-6-18(21)16-22(25)26/h8-11,16-17,21H,2-7,12-15H2,1H3/t21-/m0/s1. The predicted octanol–water partition coefficient (Wildman–Crippen LogP) is 4.07. The van der Waals surface area contributed by atoms with Crippen molar-refractivity contribution in [2.45, 2.75) is 57.9 Å². The van der Waals surface area contributed by atoms with Gasteiger partial charge in [0.05, 0.1) is 18.6 Å². The summed E-state index contributed by atoms with van der Waals surface area (Å²) < 4.78 is 5.16. The number of piperidine rings is 1. The van der Waals surface area contributed by atoms with Crippen LogP contribution >= 0.6 is 0 Å². The van der Waals surface area contributed by atoms with Crippen LogP contribution in [0.5, 0.6) is 0 Å². The van der Waals surface area contributed by atoms with Gasteiger partial charge in [0.1, 0.15) is 0 Å². The minimum absolute atomic E-state index is 0.0254. The van der Waals surface area contributed by atoms with Gasteiger partial charge < -0.3 is 14.5 Å². The SMILES string of the molecule is CCOC(=O)C1CCN(c2ccc(N3C(=O)C=C4CCCCC[C@@H]43)cc2)CC1. The molecular weight excluding hydrogens is 352 g/mol. The maximum absolute atomic E-state index is 12.6. The average molecular weight is 383 g/mol. The maximum Gasteiger partial charge on any atom is 0.309 e. The lowest BCUT2D eigenvalue weighted by Gasteiger charge is -2.33. The topological polar surface area (TPSA) is 49.9 Å². The molecule has 0 unspecified atom stereocenters. The summed E-state index contributed by atoms with van der Waals surface area (Å²) in [6, 6.07) is 8.63. The molecule has 0 N–H and O–H groups in total. The van der Waals surface area contributed by atoms with Crippen molar-refractivity contribution in [1.29, 1.82) is 0 Å². The van der Waals surface area contributed by atoms with Gasteiger partial charge in [0, 0.05) is 30.5 Å². The zero-order valence-electron chi connectivity index (χ0n) is 16.7. The third-order valence-electron chi connectivity index (χ3n) is 6.34. The molecule has 3 aliphatic rings. The van der Waals surface area contributed by atoms with E-state index in [1.807, 2.05) is 17.9 Å². The fraction of sp³-hybridized carbons (Fsp3) is 0.565. The number of benzene rings is 1. The van der Waals surface area contributed by atoms with Crippen molar-refractivity contribution < 1.29 is 14.3 Å². The molecule has 1 aliphatic carbocycles. The predicted molar refractivity (Wildman–Crippen MR) is 110 cm³/mol. The minimum atomic E-state index is -0.0586. The normalized spacial score (nSPS) is 23.2. The van der Waals surface area contributed by atoms with E-state index in [9.17, 15) is 9.59 Å². The summed E-state index contributed by atoms with van der Waals surface area (Å²) in [4.78, 5) is 28.8. The van der Waals surface area contributed by atoms with Crippen LogP contribution in [0.2, 0.25) is 0 Å². The van der Waals surface area contributed by atoms with E-state index in [1.54, 1.807) is 0 Å². The molecule has 1 saturated carbocycles. The lowest BCUT2D eigenvalue weighted by Crippen LogP contribution is -2.37. The first kappa shape index (κ1) is 19.0. The van der Waals surface area contributed by atoms with Crippen LogP contribution in [0.25, 0.3) is 0 Å². The molecule has 2 aliphatic heterocycles. The fourth-order valence-electron chi connectivity index (χ4n) is 4.81. The van der Waals surface area contributed by atoms with E-state index in [4.69, 9.17) is 4.74 Å². The Morgan fingerprint density at radius 2 is 1.75 bits per heavy atom. The van der Waals surface area contributed by atoms with E-state index in [1.165, 1.54) is 24.8 Å². The van der Waals surface area contributed by atoms with Crippen molar-refractivity contribution in [3.8, 4) is 0 Å². The molecule has 2 fully saturated rings. The van der Waals surface area contributed by atoms with Crippen molar-refractivity contribution >= 4 is 23.3 Å². The average Bonchev–Trinajstić information content (AvgIpc) is 2.87. The molecule has 1 saturated heterocycles. The molecule has 5 heteroatoms. The summed E-state index contributed by atoms with van der Waals surface area (Å²) in [6.45, 7) is 4.03. The molecule has 1 aromatic carbocycles. The van der Waals surface area contributed by atoms with Gasteiger partial charge in [0.15, 0.2) is 0 Å². The van der Waals surface area contributed by atoms with Crippen LogP contribution in [0.4, 0.5) is 11.4 Å². The number of carbonyl (C=O) groups excluding carboxylic acids is 2. The third kappa shape index (κ3) is 3.80. The summed E-state index contributed by atoms with van der Waals surface area (Å²) in [5.74, 6) is 0.0964. The monoisotopic (exact) mass is 382 g/mol. The third-order valence-corrected chi connectivity index (χ3v) is 6.34. The summed E-state index contributed by atoms with van der Waals surface area (Å²) in [7, 11) is 0. The van der Waals surface area contributed by atoms with Gasteiger partial charge in [0.2, 0.25) is 0 Å². The lowest BCUT2D eigenvalue weighted by molar-refractivity contribution is -0.148. The van der Waals surface area contributed by atoms with Crippen molar-refractivity contribution in [2.75, 3.05) is 29.5 Å². The largest absolute Gasteiger partial charge is 0.466 e. The van der Waals surface area contributed by atoms with Crippen molar-refractivity contribution in [1.82, 2.24) is 0 Å². The van der Waals surface area contributed by atoms with E-state index in [-0.39, 0.29) is 23.8 Å². The van der Waals surface area contributed by atoms with Gasteiger partial charge in [0.25, 0.3) is 5.91 Å². The number of hydrogen-bond donors (Lipinski definition) is 0. The second-order valence-corrected chi connectivity index (χ2v) is 8.07. The van der Waals surface area contributed by atoms with Gasteiger partial charge in [-0.3, -0.25) is 9.59 Å². The maximum atomic E-state index is 12.6. The number of amides is 1. The Hall–Kier alpha value is -2.30. The Kier molecular flexibility index (Phi) is 5.69. The molecular formula is C23H30N2O3. The molecule has 4 rings (SSSR count). The van der Waals surface area contributed by atoms with Crippen LogP contribution in [0, 0.1) is 5.92 Å².